The molecule has 1 aromatic carbocycles. The highest BCUT2D eigenvalue weighted by atomic mass is 35.5. The lowest BCUT2D eigenvalue weighted by Gasteiger charge is -2.12. The van der Waals surface area contributed by atoms with Gasteiger partial charge in [0.15, 0.2) is 5.76 Å². The maximum absolute atomic E-state index is 12.4. The van der Waals surface area contributed by atoms with Crippen molar-refractivity contribution in [3.8, 4) is 11.6 Å². The first-order valence-corrected chi connectivity index (χ1v) is 8.76. The van der Waals surface area contributed by atoms with Crippen molar-refractivity contribution in [2.75, 3.05) is 11.2 Å². The summed E-state index contributed by atoms with van der Waals surface area (Å²) in [6.07, 6.45) is 1.52. The van der Waals surface area contributed by atoms with Crippen LogP contribution in [-0.2, 0) is 4.79 Å². The number of hydrogen-bond donors (Lipinski definition) is 2. The zero-order valence-electron chi connectivity index (χ0n) is 12.9. The zero-order chi connectivity index (χ0) is 18.0. The standard InChI is InChI=1S/C15H13Cl2N5O2S/c1-8(14(23)19-11-5-4-9(16)7-10(11)17)25-15-21-20-13(22(15)18)12-3-2-6-24-12/h2-8H,18H2,1H3,(H,19,23)/t8-/m0/s1. The van der Waals surface area contributed by atoms with Crippen LogP contribution in [0.2, 0.25) is 10.0 Å². The molecule has 1 atom stereocenters. The topological polar surface area (TPSA) is 99.0 Å². The fourth-order valence-electron chi connectivity index (χ4n) is 1.97. The van der Waals surface area contributed by atoms with E-state index in [2.05, 4.69) is 15.5 Å². The molecular weight excluding hydrogens is 385 g/mol. The SMILES string of the molecule is C[C@H](Sc1nnc(-c2ccco2)n1N)C(=O)Nc1ccc(Cl)cc1Cl. The van der Waals surface area contributed by atoms with E-state index in [1.807, 2.05) is 0 Å². The molecule has 0 aliphatic carbocycles. The second kappa shape index (κ2) is 7.38. The van der Waals surface area contributed by atoms with Crippen molar-refractivity contribution >= 4 is 46.6 Å². The van der Waals surface area contributed by atoms with E-state index in [4.69, 9.17) is 33.5 Å². The summed E-state index contributed by atoms with van der Waals surface area (Å²) in [5.41, 5.74) is 0.481. The average molecular weight is 398 g/mol. The maximum Gasteiger partial charge on any atom is 0.237 e. The first kappa shape index (κ1) is 17.7. The van der Waals surface area contributed by atoms with E-state index in [1.54, 1.807) is 37.3 Å². The number of nitrogens with zero attached hydrogens (tertiary/aromatic N) is 3. The molecule has 0 spiro atoms. The average Bonchev–Trinajstić information content (AvgIpc) is 3.20. The largest absolute Gasteiger partial charge is 0.461 e. The summed E-state index contributed by atoms with van der Waals surface area (Å²) in [4.78, 5) is 12.4. The number of nitrogens with two attached hydrogens (primary N) is 1. The number of benzene rings is 1. The van der Waals surface area contributed by atoms with Crippen molar-refractivity contribution in [2.45, 2.75) is 17.3 Å². The molecule has 3 aromatic rings. The molecule has 0 saturated heterocycles. The Morgan fingerprint density at radius 3 is 2.84 bits per heavy atom. The molecule has 2 heterocycles. The van der Waals surface area contributed by atoms with Gasteiger partial charge in [0.2, 0.25) is 16.9 Å². The number of nitrogens with one attached hydrogen (secondary N) is 1. The van der Waals surface area contributed by atoms with Gasteiger partial charge < -0.3 is 15.6 Å². The van der Waals surface area contributed by atoms with E-state index in [9.17, 15) is 4.79 Å². The van der Waals surface area contributed by atoms with Gasteiger partial charge in [-0.05, 0) is 37.3 Å². The molecule has 25 heavy (non-hydrogen) atoms. The molecule has 1 amide bonds. The number of aromatic nitrogens is 3. The Morgan fingerprint density at radius 1 is 1.36 bits per heavy atom. The van der Waals surface area contributed by atoms with Crippen LogP contribution in [0.15, 0.2) is 46.2 Å². The number of thioether (sulfide) groups is 1. The minimum Gasteiger partial charge on any atom is -0.461 e. The summed E-state index contributed by atoms with van der Waals surface area (Å²) in [6.45, 7) is 1.73. The molecule has 0 bridgehead atoms. The Hall–Kier alpha value is -2.16. The van der Waals surface area contributed by atoms with Crippen LogP contribution in [0.4, 0.5) is 5.69 Å². The number of hydrogen-bond acceptors (Lipinski definition) is 6. The van der Waals surface area contributed by atoms with E-state index >= 15 is 0 Å². The third kappa shape index (κ3) is 3.92. The highest BCUT2D eigenvalue weighted by Crippen LogP contribution is 2.28. The lowest BCUT2D eigenvalue weighted by molar-refractivity contribution is -0.115. The van der Waals surface area contributed by atoms with Gasteiger partial charge in [-0.15, -0.1) is 10.2 Å². The number of nitrogen functional groups attached to an aromatic ring is 1. The molecule has 0 saturated carbocycles. The second-order valence-corrected chi connectivity index (χ2v) is 7.18. The Labute approximate surface area is 157 Å². The summed E-state index contributed by atoms with van der Waals surface area (Å²) in [5, 5.41) is 11.5. The highest BCUT2D eigenvalue weighted by Gasteiger charge is 2.21. The Bertz CT molecular complexity index is 897. The van der Waals surface area contributed by atoms with E-state index in [1.165, 1.54) is 22.7 Å². The number of carbonyl (C=O) groups excluding carboxylic acids is 1. The molecule has 0 unspecified atom stereocenters. The molecule has 2 aromatic heterocycles. The molecule has 10 heteroatoms. The van der Waals surface area contributed by atoms with Crippen LogP contribution in [0, 0.1) is 0 Å². The number of carbonyl (C=O) groups is 1. The molecule has 0 aliphatic heterocycles. The van der Waals surface area contributed by atoms with Crippen LogP contribution in [0.1, 0.15) is 6.92 Å². The minimum atomic E-state index is -0.484. The van der Waals surface area contributed by atoms with Crippen molar-refractivity contribution in [1.82, 2.24) is 14.9 Å². The van der Waals surface area contributed by atoms with Gasteiger partial charge in [0, 0.05) is 5.02 Å². The minimum absolute atomic E-state index is 0.253. The highest BCUT2D eigenvalue weighted by molar-refractivity contribution is 8.00. The summed E-state index contributed by atoms with van der Waals surface area (Å²) >= 11 is 13.1. The first-order valence-electron chi connectivity index (χ1n) is 7.12. The fourth-order valence-corrected chi connectivity index (χ4v) is 3.19. The smallest absolute Gasteiger partial charge is 0.237 e. The lowest BCUT2D eigenvalue weighted by Crippen LogP contribution is -2.23. The molecule has 130 valence electrons. The fraction of sp³-hybridized carbons (Fsp3) is 0.133. The molecule has 0 aliphatic rings. The third-order valence-electron chi connectivity index (χ3n) is 3.25. The predicted molar refractivity (Wildman–Crippen MR) is 98.3 cm³/mol. The number of halogens is 2. The van der Waals surface area contributed by atoms with Crippen LogP contribution < -0.4 is 11.2 Å². The van der Waals surface area contributed by atoms with Crippen LogP contribution >= 0.6 is 35.0 Å². The molecular formula is C15H13Cl2N5O2S. The van der Waals surface area contributed by atoms with E-state index in [0.29, 0.717) is 32.5 Å². The lowest BCUT2D eigenvalue weighted by atomic mass is 10.3. The first-order chi connectivity index (χ1) is 12.0. The monoisotopic (exact) mass is 397 g/mol. The second-order valence-electron chi connectivity index (χ2n) is 5.03. The summed E-state index contributed by atoms with van der Waals surface area (Å²) in [6, 6.07) is 8.29. The molecule has 3 rings (SSSR count). The zero-order valence-corrected chi connectivity index (χ0v) is 15.3. The van der Waals surface area contributed by atoms with Crippen molar-refractivity contribution < 1.29 is 9.21 Å². The molecule has 0 fully saturated rings. The van der Waals surface area contributed by atoms with Crippen LogP contribution in [0.3, 0.4) is 0 Å². The van der Waals surface area contributed by atoms with Gasteiger partial charge in [0.05, 0.1) is 22.2 Å². The number of furan rings is 1. The van der Waals surface area contributed by atoms with E-state index < -0.39 is 5.25 Å². The van der Waals surface area contributed by atoms with E-state index in [0.717, 1.165) is 0 Å². The molecule has 7 nitrogen and oxygen atoms in total. The third-order valence-corrected chi connectivity index (χ3v) is 4.85. The Balaban J connectivity index is 1.69. The van der Waals surface area contributed by atoms with Gasteiger partial charge in [0.25, 0.3) is 0 Å². The van der Waals surface area contributed by atoms with Gasteiger partial charge in [-0.1, -0.05) is 35.0 Å². The van der Waals surface area contributed by atoms with Gasteiger partial charge in [-0.2, -0.15) is 0 Å². The van der Waals surface area contributed by atoms with Crippen LogP contribution in [-0.4, -0.2) is 26.0 Å². The van der Waals surface area contributed by atoms with Gasteiger partial charge >= 0.3 is 0 Å². The van der Waals surface area contributed by atoms with Gasteiger partial charge in [-0.3, -0.25) is 4.79 Å². The predicted octanol–water partition coefficient (Wildman–Crippen LogP) is 3.68. The maximum atomic E-state index is 12.4. The normalized spacial score (nSPS) is 12.1. The summed E-state index contributed by atoms with van der Waals surface area (Å²) in [5.74, 6) is 6.59. The Kier molecular flexibility index (Phi) is 5.22. The van der Waals surface area contributed by atoms with Crippen molar-refractivity contribution in [1.29, 1.82) is 0 Å². The number of amides is 1. The van der Waals surface area contributed by atoms with Gasteiger partial charge in [0.1, 0.15) is 0 Å². The summed E-state index contributed by atoms with van der Waals surface area (Å²) < 4.78 is 6.53. The van der Waals surface area contributed by atoms with Crippen LogP contribution in [0.25, 0.3) is 11.6 Å². The quantitative estimate of drug-likeness (QED) is 0.503. The number of anilines is 1. The van der Waals surface area contributed by atoms with Crippen molar-refractivity contribution in [2.24, 2.45) is 0 Å². The van der Waals surface area contributed by atoms with Crippen molar-refractivity contribution in [3.63, 3.8) is 0 Å². The number of rotatable bonds is 5. The van der Waals surface area contributed by atoms with E-state index in [-0.39, 0.29) is 5.91 Å². The molecule has 0 radical (unpaired) electrons. The Morgan fingerprint density at radius 2 is 2.16 bits per heavy atom. The molecule has 3 N–H and O–H groups in total. The van der Waals surface area contributed by atoms with Crippen LogP contribution in [0.5, 0.6) is 0 Å². The van der Waals surface area contributed by atoms with Crippen molar-refractivity contribution in [3.05, 3.63) is 46.6 Å². The summed E-state index contributed by atoms with van der Waals surface area (Å²) in [7, 11) is 0. The van der Waals surface area contributed by atoms with Gasteiger partial charge in [-0.25, -0.2) is 4.68 Å².